The lowest BCUT2D eigenvalue weighted by Gasteiger charge is -2.14. The van der Waals surface area contributed by atoms with Crippen LogP contribution in [0, 0.1) is 0 Å². The van der Waals surface area contributed by atoms with Gasteiger partial charge in [0.2, 0.25) is 0 Å². The largest absolute Gasteiger partial charge is 0.360 e. The lowest BCUT2D eigenvalue weighted by atomic mass is 10.2. The van der Waals surface area contributed by atoms with Crippen LogP contribution in [0.1, 0.15) is 17.0 Å². The van der Waals surface area contributed by atoms with Crippen molar-refractivity contribution in [1.29, 1.82) is 0 Å². The summed E-state index contributed by atoms with van der Waals surface area (Å²) in [7, 11) is 3.98. The summed E-state index contributed by atoms with van der Waals surface area (Å²) in [4.78, 5) is 2.21. The van der Waals surface area contributed by atoms with E-state index in [1.165, 1.54) is 5.56 Å². The van der Waals surface area contributed by atoms with E-state index in [4.69, 9.17) is 4.52 Å². The maximum absolute atomic E-state index is 5.29. The topological polar surface area (TPSA) is 41.3 Å². The van der Waals surface area contributed by atoms with Crippen LogP contribution in [-0.2, 0) is 19.6 Å². The first-order valence-corrected chi connectivity index (χ1v) is 6.09. The van der Waals surface area contributed by atoms with E-state index < -0.39 is 0 Å². The van der Waals surface area contributed by atoms with E-state index in [-0.39, 0.29) is 0 Å². The molecule has 0 spiro atoms. The van der Waals surface area contributed by atoms with Gasteiger partial charge in [-0.05, 0) is 19.7 Å². The molecule has 0 aliphatic heterocycles. The number of rotatable bonds is 6. The highest BCUT2D eigenvalue weighted by molar-refractivity contribution is 5.14. The van der Waals surface area contributed by atoms with E-state index in [1.54, 1.807) is 0 Å². The third kappa shape index (κ3) is 3.68. The van der Waals surface area contributed by atoms with Crippen molar-refractivity contribution in [2.75, 3.05) is 14.1 Å². The zero-order chi connectivity index (χ0) is 12.8. The first kappa shape index (κ1) is 12.8. The second kappa shape index (κ2) is 6.33. The van der Waals surface area contributed by atoms with Gasteiger partial charge in [0.25, 0.3) is 0 Å². The van der Waals surface area contributed by atoms with Crippen LogP contribution in [0.3, 0.4) is 0 Å². The van der Waals surface area contributed by atoms with Crippen molar-refractivity contribution >= 4 is 0 Å². The van der Waals surface area contributed by atoms with Crippen LogP contribution in [0.5, 0.6) is 0 Å². The zero-order valence-electron chi connectivity index (χ0n) is 10.9. The Kier molecular flexibility index (Phi) is 4.50. The Morgan fingerprint density at radius 1 is 1.22 bits per heavy atom. The van der Waals surface area contributed by atoms with Crippen LogP contribution in [0.25, 0.3) is 0 Å². The zero-order valence-corrected chi connectivity index (χ0v) is 10.9. The van der Waals surface area contributed by atoms with Gasteiger partial charge in [0.1, 0.15) is 0 Å². The molecular weight excluding hydrogens is 226 g/mol. The molecular formula is C14H19N3O. The average Bonchev–Trinajstić information content (AvgIpc) is 2.78. The van der Waals surface area contributed by atoms with Gasteiger partial charge >= 0.3 is 0 Å². The van der Waals surface area contributed by atoms with Crippen molar-refractivity contribution in [3.05, 3.63) is 53.4 Å². The minimum atomic E-state index is 0.742. The average molecular weight is 245 g/mol. The van der Waals surface area contributed by atoms with Gasteiger partial charge in [0.05, 0.1) is 12.2 Å². The minimum absolute atomic E-state index is 0.742. The van der Waals surface area contributed by atoms with E-state index >= 15 is 0 Å². The second-order valence-corrected chi connectivity index (χ2v) is 4.47. The van der Waals surface area contributed by atoms with Gasteiger partial charge in [-0.25, -0.2) is 0 Å². The predicted molar refractivity (Wildman–Crippen MR) is 70.9 cm³/mol. The first-order chi connectivity index (χ1) is 8.78. The lowest BCUT2D eigenvalue weighted by molar-refractivity contribution is 0.265. The molecule has 1 N–H and O–H groups in total. The van der Waals surface area contributed by atoms with Crippen LogP contribution in [-0.4, -0.2) is 24.2 Å². The Hall–Kier alpha value is -1.65. The minimum Gasteiger partial charge on any atom is -0.360 e. The molecule has 2 rings (SSSR count). The van der Waals surface area contributed by atoms with Crippen LogP contribution in [0.15, 0.2) is 40.9 Å². The molecule has 0 aliphatic rings. The van der Waals surface area contributed by atoms with E-state index in [9.17, 15) is 0 Å². The Balaban J connectivity index is 1.88. The van der Waals surface area contributed by atoms with Crippen LogP contribution in [0.2, 0.25) is 0 Å². The van der Waals surface area contributed by atoms with Crippen molar-refractivity contribution in [2.45, 2.75) is 19.6 Å². The maximum atomic E-state index is 5.29. The smallest absolute Gasteiger partial charge is 0.151 e. The molecule has 0 saturated heterocycles. The van der Waals surface area contributed by atoms with E-state index in [1.807, 2.05) is 19.2 Å². The number of nitrogens with zero attached hydrogens (tertiary/aromatic N) is 2. The van der Waals surface area contributed by atoms with E-state index in [0.29, 0.717) is 0 Å². The van der Waals surface area contributed by atoms with Crippen molar-refractivity contribution in [1.82, 2.24) is 15.4 Å². The molecule has 4 nitrogen and oxygen atoms in total. The highest BCUT2D eigenvalue weighted by Gasteiger charge is 2.07. The predicted octanol–water partition coefficient (Wildman–Crippen LogP) is 2.03. The van der Waals surface area contributed by atoms with E-state index in [2.05, 4.69) is 46.7 Å². The molecule has 1 aromatic carbocycles. The quantitative estimate of drug-likeness (QED) is 0.845. The summed E-state index contributed by atoms with van der Waals surface area (Å²) >= 11 is 0. The molecule has 18 heavy (non-hydrogen) atoms. The third-order valence-corrected chi connectivity index (χ3v) is 2.69. The maximum Gasteiger partial charge on any atom is 0.151 e. The Bertz CT molecular complexity index is 467. The summed E-state index contributed by atoms with van der Waals surface area (Å²) in [5.41, 5.74) is 2.25. The summed E-state index contributed by atoms with van der Waals surface area (Å²) in [5.74, 6) is 0.902. The number of nitrogens with one attached hydrogen (secondary N) is 1. The normalized spacial score (nSPS) is 11.1. The number of hydrogen-bond acceptors (Lipinski definition) is 4. The molecule has 2 aromatic rings. The van der Waals surface area contributed by atoms with Gasteiger partial charge in [0, 0.05) is 19.2 Å². The molecule has 0 amide bonds. The first-order valence-electron chi connectivity index (χ1n) is 6.09. The molecule has 0 unspecified atom stereocenters. The fourth-order valence-electron chi connectivity index (χ4n) is 1.91. The van der Waals surface area contributed by atoms with Crippen LogP contribution in [0.4, 0.5) is 0 Å². The molecule has 0 bridgehead atoms. The van der Waals surface area contributed by atoms with Gasteiger partial charge in [-0.3, -0.25) is 4.90 Å². The summed E-state index contributed by atoms with van der Waals surface area (Å²) in [6.45, 7) is 2.42. The molecule has 0 fully saturated rings. The highest BCUT2D eigenvalue weighted by Crippen LogP contribution is 2.09. The molecule has 0 aliphatic carbocycles. The molecule has 0 atom stereocenters. The lowest BCUT2D eigenvalue weighted by Crippen LogP contribution is -2.16. The van der Waals surface area contributed by atoms with Crippen molar-refractivity contribution < 1.29 is 4.52 Å². The Morgan fingerprint density at radius 2 is 2.00 bits per heavy atom. The summed E-state index contributed by atoms with van der Waals surface area (Å²) in [6.07, 6.45) is 0. The second-order valence-electron chi connectivity index (χ2n) is 4.47. The molecule has 96 valence electrons. The van der Waals surface area contributed by atoms with Crippen molar-refractivity contribution in [2.24, 2.45) is 0 Å². The monoisotopic (exact) mass is 245 g/mol. The summed E-state index contributed by atoms with van der Waals surface area (Å²) in [6, 6.07) is 12.4. The SMILES string of the molecule is CNCc1cc(CN(C)Cc2ccccc2)on1. The Labute approximate surface area is 108 Å². The number of hydrogen-bond donors (Lipinski definition) is 1. The fraction of sp³-hybridized carbons (Fsp3) is 0.357. The van der Waals surface area contributed by atoms with Gasteiger partial charge in [0.15, 0.2) is 5.76 Å². The van der Waals surface area contributed by atoms with Crippen LogP contribution >= 0.6 is 0 Å². The van der Waals surface area contributed by atoms with Crippen LogP contribution < -0.4 is 5.32 Å². The standard InChI is InChI=1S/C14H19N3O/c1-15-9-13-8-14(18-16-13)11-17(2)10-12-6-4-3-5-7-12/h3-8,15H,9-11H2,1-2H3. The molecule has 4 heteroatoms. The summed E-state index contributed by atoms with van der Waals surface area (Å²) in [5, 5.41) is 7.06. The fourth-order valence-corrected chi connectivity index (χ4v) is 1.91. The Morgan fingerprint density at radius 3 is 2.72 bits per heavy atom. The van der Waals surface area contributed by atoms with Gasteiger partial charge in [-0.15, -0.1) is 0 Å². The third-order valence-electron chi connectivity index (χ3n) is 2.69. The van der Waals surface area contributed by atoms with Gasteiger partial charge in [-0.1, -0.05) is 35.5 Å². The number of benzene rings is 1. The van der Waals surface area contributed by atoms with E-state index in [0.717, 1.165) is 31.1 Å². The molecule has 1 heterocycles. The number of aromatic nitrogens is 1. The van der Waals surface area contributed by atoms with Crippen molar-refractivity contribution in [3.63, 3.8) is 0 Å². The molecule has 0 radical (unpaired) electrons. The molecule has 0 saturated carbocycles. The van der Waals surface area contributed by atoms with Gasteiger partial charge < -0.3 is 9.84 Å². The highest BCUT2D eigenvalue weighted by atomic mass is 16.5. The van der Waals surface area contributed by atoms with Gasteiger partial charge in [-0.2, -0.15) is 0 Å². The molecule has 1 aromatic heterocycles. The van der Waals surface area contributed by atoms with Crippen molar-refractivity contribution in [3.8, 4) is 0 Å². The summed E-state index contributed by atoms with van der Waals surface area (Å²) < 4.78 is 5.29.